The van der Waals surface area contributed by atoms with Crippen molar-refractivity contribution in [3.05, 3.63) is 42.0 Å². The van der Waals surface area contributed by atoms with Crippen molar-refractivity contribution in [1.82, 2.24) is 14.9 Å². The number of hydrogen-bond donors (Lipinski definition) is 1. The molecule has 4 aliphatic rings. The summed E-state index contributed by atoms with van der Waals surface area (Å²) >= 11 is 0. The highest BCUT2D eigenvalue weighted by molar-refractivity contribution is 5.77. The van der Waals surface area contributed by atoms with Gasteiger partial charge in [0.2, 0.25) is 5.91 Å². The number of ether oxygens (including phenoxy) is 2. The molecule has 6 heteroatoms. The van der Waals surface area contributed by atoms with Gasteiger partial charge in [-0.1, -0.05) is 0 Å². The number of rotatable bonds is 7. The van der Waals surface area contributed by atoms with Gasteiger partial charge in [-0.2, -0.15) is 0 Å². The number of aromatic nitrogens is 2. The predicted molar refractivity (Wildman–Crippen MR) is 118 cm³/mol. The minimum Gasteiger partial charge on any atom is -0.497 e. The Kier molecular flexibility index (Phi) is 5.19. The summed E-state index contributed by atoms with van der Waals surface area (Å²) in [6.07, 6.45) is 12.2. The van der Waals surface area contributed by atoms with Gasteiger partial charge in [-0.3, -0.25) is 4.79 Å². The molecule has 166 valence electrons. The highest BCUT2D eigenvalue weighted by Crippen LogP contribution is 2.61. The van der Waals surface area contributed by atoms with Gasteiger partial charge in [-0.15, -0.1) is 0 Å². The molecule has 1 amide bonds. The maximum atomic E-state index is 13.4. The van der Waals surface area contributed by atoms with Gasteiger partial charge in [0.1, 0.15) is 23.4 Å². The van der Waals surface area contributed by atoms with Crippen LogP contribution in [0.1, 0.15) is 62.4 Å². The van der Waals surface area contributed by atoms with Crippen molar-refractivity contribution in [1.29, 1.82) is 0 Å². The number of carbonyl (C=O) groups is 1. The average molecular weight is 424 g/mol. The van der Waals surface area contributed by atoms with Crippen LogP contribution in [0.25, 0.3) is 0 Å². The van der Waals surface area contributed by atoms with Gasteiger partial charge in [0, 0.05) is 31.9 Å². The quantitative estimate of drug-likeness (QED) is 0.723. The smallest absolute Gasteiger partial charge is 0.221 e. The van der Waals surface area contributed by atoms with Crippen LogP contribution in [0.15, 0.2) is 30.6 Å². The molecule has 0 unspecified atom stereocenters. The van der Waals surface area contributed by atoms with Crippen molar-refractivity contribution >= 4 is 5.91 Å². The van der Waals surface area contributed by atoms with Crippen molar-refractivity contribution in [2.45, 2.75) is 51.0 Å². The molecule has 4 fully saturated rings. The van der Waals surface area contributed by atoms with Gasteiger partial charge in [-0.25, -0.2) is 4.98 Å². The Morgan fingerprint density at radius 3 is 2.16 bits per heavy atom. The number of imidazole rings is 1. The Balaban J connectivity index is 1.41. The van der Waals surface area contributed by atoms with Gasteiger partial charge < -0.3 is 19.4 Å². The second-order valence-electron chi connectivity index (χ2n) is 10.1. The predicted octanol–water partition coefficient (Wildman–Crippen LogP) is 4.25. The lowest BCUT2D eigenvalue weighted by atomic mass is 9.49. The highest BCUT2D eigenvalue weighted by Gasteiger charge is 2.51. The van der Waals surface area contributed by atoms with E-state index >= 15 is 0 Å². The fraction of sp³-hybridized carbons (Fsp3) is 0.600. The van der Waals surface area contributed by atoms with Gasteiger partial charge in [0.05, 0.1) is 14.2 Å². The Labute approximate surface area is 184 Å². The normalized spacial score (nSPS) is 29.6. The molecule has 0 saturated heterocycles. The second kappa shape index (κ2) is 7.88. The van der Waals surface area contributed by atoms with E-state index in [4.69, 9.17) is 9.47 Å². The summed E-state index contributed by atoms with van der Waals surface area (Å²) in [5.41, 5.74) is 1.11. The third kappa shape index (κ3) is 3.92. The largest absolute Gasteiger partial charge is 0.497 e. The summed E-state index contributed by atoms with van der Waals surface area (Å²) in [6.45, 7) is 0. The van der Waals surface area contributed by atoms with Crippen LogP contribution in [0.4, 0.5) is 0 Å². The van der Waals surface area contributed by atoms with Crippen LogP contribution in [0.5, 0.6) is 11.5 Å². The SMILES string of the molecule is COc1cc(OC)cc([C@@H](NC(=O)CC23CC4CC(CC(C4)C2)C3)c2nccn2C)c1. The van der Waals surface area contributed by atoms with Crippen molar-refractivity contribution in [3.8, 4) is 11.5 Å². The first-order valence-corrected chi connectivity index (χ1v) is 11.5. The number of nitrogens with zero attached hydrogens (tertiary/aromatic N) is 2. The van der Waals surface area contributed by atoms with E-state index in [1.165, 1.54) is 38.5 Å². The molecule has 0 spiro atoms. The molecule has 0 radical (unpaired) electrons. The van der Waals surface area contributed by atoms with Crippen LogP contribution in [-0.2, 0) is 11.8 Å². The number of nitrogens with one attached hydrogen (secondary N) is 1. The first-order chi connectivity index (χ1) is 15.0. The van der Waals surface area contributed by atoms with Gasteiger partial charge in [-0.05, 0) is 79.4 Å². The summed E-state index contributed by atoms with van der Waals surface area (Å²) in [7, 11) is 5.23. The van der Waals surface area contributed by atoms with Crippen LogP contribution in [0.3, 0.4) is 0 Å². The first-order valence-electron chi connectivity index (χ1n) is 11.5. The Morgan fingerprint density at radius 1 is 1.10 bits per heavy atom. The lowest BCUT2D eigenvalue weighted by Crippen LogP contribution is -2.48. The number of aryl methyl sites for hydroxylation is 1. The number of hydrogen-bond acceptors (Lipinski definition) is 4. The zero-order chi connectivity index (χ0) is 21.6. The van der Waals surface area contributed by atoms with Crippen LogP contribution >= 0.6 is 0 Å². The van der Waals surface area contributed by atoms with Crippen LogP contribution < -0.4 is 14.8 Å². The fourth-order valence-electron chi connectivity index (χ4n) is 7.01. The molecular weight excluding hydrogens is 390 g/mol. The zero-order valence-electron chi connectivity index (χ0n) is 18.8. The molecule has 4 bridgehead atoms. The van der Waals surface area contributed by atoms with Crippen LogP contribution in [-0.4, -0.2) is 29.7 Å². The molecule has 2 aromatic rings. The molecule has 0 aliphatic heterocycles. The van der Waals surface area contributed by atoms with Crippen LogP contribution in [0, 0.1) is 23.2 Å². The molecule has 6 nitrogen and oxygen atoms in total. The lowest BCUT2D eigenvalue weighted by molar-refractivity contribution is -0.130. The maximum Gasteiger partial charge on any atom is 0.221 e. The summed E-state index contributed by atoms with van der Waals surface area (Å²) in [5.74, 6) is 4.84. The summed E-state index contributed by atoms with van der Waals surface area (Å²) in [6, 6.07) is 5.39. The van der Waals surface area contributed by atoms with E-state index in [9.17, 15) is 4.79 Å². The fourth-order valence-corrected chi connectivity index (χ4v) is 7.01. The lowest BCUT2D eigenvalue weighted by Gasteiger charge is -2.56. The first kappa shape index (κ1) is 20.4. The monoisotopic (exact) mass is 423 g/mol. The van der Waals surface area contributed by atoms with E-state index in [1.54, 1.807) is 20.4 Å². The second-order valence-corrected chi connectivity index (χ2v) is 10.1. The molecule has 1 aromatic heterocycles. The minimum atomic E-state index is -0.356. The molecule has 1 heterocycles. The Bertz CT molecular complexity index is 909. The van der Waals surface area contributed by atoms with E-state index in [-0.39, 0.29) is 17.4 Å². The molecule has 1 N–H and O–H groups in total. The van der Waals surface area contributed by atoms with Crippen molar-refractivity contribution < 1.29 is 14.3 Å². The van der Waals surface area contributed by atoms with E-state index in [0.29, 0.717) is 17.9 Å². The van der Waals surface area contributed by atoms with E-state index in [1.807, 2.05) is 36.0 Å². The van der Waals surface area contributed by atoms with Gasteiger partial charge in [0.25, 0.3) is 0 Å². The molecule has 1 atom stereocenters. The third-order valence-electron chi connectivity index (χ3n) is 7.83. The Morgan fingerprint density at radius 2 is 1.68 bits per heavy atom. The van der Waals surface area contributed by atoms with E-state index < -0.39 is 0 Å². The molecule has 1 aromatic carbocycles. The highest BCUT2D eigenvalue weighted by atomic mass is 16.5. The van der Waals surface area contributed by atoms with E-state index in [0.717, 1.165) is 29.1 Å². The Hall–Kier alpha value is -2.50. The van der Waals surface area contributed by atoms with Crippen molar-refractivity contribution in [2.24, 2.45) is 30.2 Å². The molecule has 31 heavy (non-hydrogen) atoms. The number of amides is 1. The average Bonchev–Trinajstić information content (AvgIpc) is 3.15. The number of carbonyl (C=O) groups excluding carboxylic acids is 1. The molecule has 6 rings (SSSR count). The van der Waals surface area contributed by atoms with Crippen molar-refractivity contribution in [2.75, 3.05) is 14.2 Å². The summed E-state index contributed by atoms with van der Waals surface area (Å²) in [5, 5.41) is 3.32. The minimum absolute atomic E-state index is 0.122. The maximum absolute atomic E-state index is 13.4. The third-order valence-corrected chi connectivity index (χ3v) is 7.83. The number of methoxy groups -OCH3 is 2. The van der Waals surface area contributed by atoms with Crippen molar-refractivity contribution in [3.63, 3.8) is 0 Å². The summed E-state index contributed by atoms with van der Waals surface area (Å²) in [4.78, 5) is 18.0. The molecular formula is C25H33N3O3. The van der Waals surface area contributed by atoms with E-state index in [2.05, 4.69) is 10.3 Å². The van der Waals surface area contributed by atoms with Crippen LogP contribution in [0.2, 0.25) is 0 Å². The molecule has 4 aliphatic carbocycles. The number of benzene rings is 1. The standard InChI is InChI=1S/C25H33N3O3/c1-28-5-4-26-24(28)23(19-9-20(30-2)11-21(10-19)31-3)27-22(29)15-25-12-16-6-17(13-25)8-18(7-16)14-25/h4-5,9-11,16-18,23H,6-8,12-15H2,1-3H3,(H,27,29)/t16?,17?,18?,23-,25?/m1/s1. The summed E-state index contributed by atoms with van der Waals surface area (Å²) < 4.78 is 12.9. The van der Waals surface area contributed by atoms with Gasteiger partial charge in [0.15, 0.2) is 0 Å². The zero-order valence-corrected chi connectivity index (χ0v) is 18.8. The molecule has 4 saturated carbocycles. The van der Waals surface area contributed by atoms with Gasteiger partial charge >= 0.3 is 0 Å². The topological polar surface area (TPSA) is 65.4 Å².